The van der Waals surface area contributed by atoms with Crippen molar-refractivity contribution >= 4 is 34.3 Å². The fourth-order valence-corrected chi connectivity index (χ4v) is 4.14. The first kappa shape index (κ1) is 21.4. The van der Waals surface area contributed by atoms with Gasteiger partial charge in [0.2, 0.25) is 5.78 Å². The van der Waals surface area contributed by atoms with Crippen molar-refractivity contribution in [2.75, 3.05) is 6.61 Å². The van der Waals surface area contributed by atoms with E-state index in [1.165, 1.54) is 22.2 Å². The lowest BCUT2D eigenvalue weighted by atomic mass is 10.0. The molecule has 0 fully saturated rings. The van der Waals surface area contributed by atoms with E-state index in [9.17, 15) is 19.2 Å². The standard InChI is InChI=1S/C22H20N4O5S/c1-24-13-23-19-17(24)20(28)26(22(30)25(19)2)10-6-11-31-21(29)15-8-4-3-7-14(15)18(27)16-9-5-12-32-16/h3-5,7-9,12-13H,6,10-11H2,1-2H3. The Morgan fingerprint density at radius 2 is 1.81 bits per heavy atom. The number of benzene rings is 1. The first-order valence-corrected chi connectivity index (χ1v) is 10.7. The van der Waals surface area contributed by atoms with Gasteiger partial charge in [-0.2, -0.15) is 0 Å². The zero-order chi connectivity index (χ0) is 22.8. The Morgan fingerprint density at radius 1 is 1.06 bits per heavy atom. The number of thiophene rings is 1. The van der Waals surface area contributed by atoms with Crippen LogP contribution in [-0.4, -0.2) is 37.0 Å². The van der Waals surface area contributed by atoms with Gasteiger partial charge in [-0.15, -0.1) is 11.3 Å². The molecule has 9 nitrogen and oxygen atoms in total. The van der Waals surface area contributed by atoms with Gasteiger partial charge in [0.25, 0.3) is 5.56 Å². The van der Waals surface area contributed by atoms with Crippen molar-refractivity contribution in [3.05, 3.63) is 84.9 Å². The number of fused-ring (bicyclic) bond motifs is 1. The van der Waals surface area contributed by atoms with E-state index in [0.29, 0.717) is 16.0 Å². The second-order valence-corrected chi connectivity index (χ2v) is 8.12. The van der Waals surface area contributed by atoms with E-state index in [-0.39, 0.29) is 36.5 Å². The molecule has 0 bridgehead atoms. The van der Waals surface area contributed by atoms with Gasteiger partial charge in [-0.25, -0.2) is 14.6 Å². The monoisotopic (exact) mass is 452 g/mol. The van der Waals surface area contributed by atoms with E-state index in [0.717, 1.165) is 4.57 Å². The van der Waals surface area contributed by atoms with Gasteiger partial charge >= 0.3 is 11.7 Å². The normalized spacial score (nSPS) is 11.1. The second kappa shape index (κ2) is 8.75. The summed E-state index contributed by atoms with van der Waals surface area (Å²) in [4.78, 5) is 55.2. The average molecular weight is 452 g/mol. The molecule has 0 aliphatic heterocycles. The van der Waals surface area contributed by atoms with Crippen LogP contribution in [0.15, 0.2) is 57.7 Å². The van der Waals surface area contributed by atoms with Crippen molar-refractivity contribution in [1.82, 2.24) is 18.7 Å². The highest BCUT2D eigenvalue weighted by molar-refractivity contribution is 7.12. The van der Waals surface area contributed by atoms with Crippen molar-refractivity contribution in [1.29, 1.82) is 0 Å². The number of imidazole rings is 1. The van der Waals surface area contributed by atoms with Gasteiger partial charge in [0.15, 0.2) is 11.2 Å². The van der Waals surface area contributed by atoms with Crippen LogP contribution in [0.3, 0.4) is 0 Å². The number of hydrogen-bond acceptors (Lipinski definition) is 7. The minimum atomic E-state index is -0.632. The molecule has 0 spiro atoms. The number of rotatable bonds is 7. The molecule has 0 atom stereocenters. The summed E-state index contributed by atoms with van der Waals surface area (Å²) in [6.07, 6.45) is 1.73. The maximum Gasteiger partial charge on any atom is 0.338 e. The summed E-state index contributed by atoms with van der Waals surface area (Å²) in [5, 5.41) is 1.79. The molecule has 10 heteroatoms. The van der Waals surface area contributed by atoms with Crippen LogP contribution in [-0.2, 0) is 25.4 Å². The predicted molar refractivity (Wildman–Crippen MR) is 119 cm³/mol. The van der Waals surface area contributed by atoms with E-state index in [2.05, 4.69) is 4.98 Å². The van der Waals surface area contributed by atoms with Gasteiger partial charge in [0, 0.05) is 26.2 Å². The summed E-state index contributed by atoms with van der Waals surface area (Å²) < 4.78 is 9.32. The first-order chi connectivity index (χ1) is 15.4. The minimum Gasteiger partial charge on any atom is -0.462 e. The molecule has 164 valence electrons. The highest BCUT2D eigenvalue weighted by atomic mass is 32.1. The third-order valence-corrected chi connectivity index (χ3v) is 5.97. The number of aryl methyl sites for hydroxylation is 2. The van der Waals surface area contributed by atoms with Crippen molar-refractivity contribution in [2.45, 2.75) is 13.0 Å². The molecule has 3 aromatic heterocycles. The number of hydrogen-bond donors (Lipinski definition) is 0. The smallest absolute Gasteiger partial charge is 0.338 e. The van der Waals surface area contributed by atoms with Crippen LogP contribution in [0.4, 0.5) is 0 Å². The zero-order valence-corrected chi connectivity index (χ0v) is 18.3. The molecule has 1 aromatic carbocycles. The molecule has 0 unspecified atom stereocenters. The lowest BCUT2D eigenvalue weighted by Crippen LogP contribution is -2.39. The Bertz CT molecular complexity index is 1430. The zero-order valence-electron chi connectivity index (χ0n) is 17.5. The van der Waals surface area contributed by atoms with Gasteiger partial charge < -0.3 is 9.30 Å². The van der Waals surface area contributed by atoms with Crippen LogP contribution in [0.5, 0.6) is 0 Å². The van der Waals surface area contributed by atoms with Crippen molar-refractivity contribution in [3.8, 4) is 0 Å². The quantitative estimate of drug-likeness (QED) is 0.241. The third kappa shape index (κ3) is 3.80. The van der Waals surface area contributed by atoms with Crippen molar-refractivity contribution in [2.24, 2.45) is 14.1 Å². The largest absolute Gasteiger partial charge is 0.462 e. The molecule has 0 aliphatic carbocycles. The van der Waals surface area contributed by atoms with Crippen LogP contribution in [0.1, 0.15) is 32.0 Å². The summed E-state index contributed by atoms with van der Waals surface area (Å²) in [5.41, 5.74) is 0.157. The Hall–Kier alpha value is -3.79. The lowest BCUT2D eigenvalue weighted by molar-refractivity contribution is 0.0492. The number of nitrogens with zero attached hydrogens (tertiary/aromatic N) is 4. The van der Waals surface area contributed by atoms with Crippen LogP contribution >= 0.6 is 11.3 Å². The van der Waals surface area contributed by atoms with Gasteiger partial charge in [-0.3, -0.25) is 18.7 Å². The second-order valence-electron chi connectivity index (χ2n) is 7.17. The van der Waals surface area contributed by atoms with E-state index in [4.69, 9.17) is 4.74 Å². The summed E-state index contributed by atoms with van der Waals surface area (Å²) >= 11 is 1.30. The molecule has 4 aromatic rings. The highest BCUT2D eigenvalue weighted by Crippen LogP contribution is 2.19. The van der Waals surface area contributed by atoms with E-state index >= 15 is 0 Å². The van der Waals surface area contributed by atoms with Gasteiger partial charge in [0.1, 0.15) is 0 Å². The van der Waals surface area contributed by atoms with E-state index in [1.807, 2.05) is 0 Å². The average Bonchev–Trinajstić information content (AvgIpc) is 3.46. The van der Waals surface area contributed by atoms with Crippen molar-refractivity contribution < 1.29 is 14.3 Å². The predicted octanol–water partition coefficient (Wildman–Crippen LogP) is 1.97. The summed E-state index contributed by atoms with van der Waals surface area (Å²) in [6.45, 7) is 0.0645. The van der Waals surface area contributed by atoms with Crippen molar-refractivity contribution in [3.63, 3.8) is 0 Å². The third-order valence-electron chi connectivity index (χ3n) is 5.10. The summed E-state index contributed by atoms with van der Waals surface area (Å²) in [6, 6.07) is 9.95. The maximum absolute atomic E-state index is 12.7. The number of esters is 1. The van der Waals surface area contributed by atoms with Gasteiger partial charge in [-0.05, 0) is 23.9 Å². The Labute approximate surface area is 186 Å². The molecule has 0 amide bonds. The molecule has 3 heterocycles. The maximum atomic E-state index is 12.7. The Kier molecular flexibility index (Phi) is 5.87. The molecule has 0 saturated carbocycles. The lowest BCUT2D eigenvalue weighted by Gasteiger charge is -2.10. The summed E-state index contributed by atoms with van der Waals surface area (Å²) in [5.74, 6) is -0.875. The van der Waals surface area contributed by atoms with Crippen LogP contribution in [0, 0.1) is 0 Å². The molecular formula is C22H20N4O5S. The van der Waals surface area contributed by atoms with Gasteiger partial charge in [0.05, 0.1) is 23.4 Å². The van der Waals surface area contributed by atoms with E-state index < -0.39 is 17.2 Å². The Morgan fingerprint density at radius 3 is 2.53 bits per heavy atom. The molecular weight excluding hydrogens is 432 g/mol. The number of carbonyl (C=O) groups is 2. The van der Waals surface area contributed by atoms with Crippen LogP contribution in [0.25, 0.3) is 11.2 Å². The number of ketones is 1. The number of carbonyl (C=O) groups excluding carboxylic acids is 2. The van der Waals surface area contributed by atoms with Crippen LogP contribution < -0.4 is 11.2 Å². The van der Waals surface area contributed by atoms with Crippen LogP contribution in [0.2, 0.25) is 0 Å². The number of aromatic nitrogens is 4. The SMILES string of the molecule is Cn1cnc2c1c(=O)n(CCCOC(=O)c1ccccc1C(=O)c1cccs1)c(=O)n2C. The number of ether oxygens (including phenoxy) is 1. The molecule has 0 saturated heterocycles. The fourth-order valence-electron chi connectivity index (χ4n) is 3.46. The molecule has 0 aliphatic rings. The summed E-state index contributed by atoms with van der Waals surface area (Å²) in [7, 11) is 3.23. The Balaban J connectivity index is 1.46. The minimum absolute atomic E-state index is 0.0145. The van der Waals surface area contributed by atoms with Gasteiger partial charge in [-0.1, -0.05) is 24.3 Å². The molecule has 32 heavy (non-hydrogen) atoms. The topological polar surface area (TPSA) is 105 Å². The molecule has 0 radical (unpaired) electrons. The fraction of sp³-hybridized carbons (Fsp3) is 0.227. The van der Waals surface area contributed by atoms with E-state index in [1.54, 1.807) is 60.4 Å². The molecule has 4 rings (SSSR count). The molecule has 0 N–H and O–H groups in total. The first-order valence-electron chi connectivity index (χ1n) is 9.85. The highest BCUT2D eigenvalue weighted by Gasteiger charge is 2.20.